The molecule has 96 valence electrons. The lowest BCUT2D eigenvalue weighted by molar-refractivity contribution is 0.557. The van der Waals surface area contributed by atoms with Crippen molar-refractivity contribution < 1.29 is 4.39 Å². The highest BCUT2D eigenvalue weighted by molar-refractivity contribution is 7.12. The molecule has 0 bridgehead atoms. The van der Waals surface area contributed by atoms with Crippen LogP contribution in [0.4, 0.5) is 4.39 Å². The van der Waals surface area contributed by atoms with Gasteiger partial charge in [0.15, 0.2) is 0 Å². The summed E-state index contributed by atoms with van der Waals surface area (Å²) in [6.07, 6.45) is 0. The van der Waals surface area contributed by atoms with Gasteiger partial charge in [-0.05, 0) is 38.1 Å². The minimum atomic E-state index is -0.102. The third-order valence-electron chi connectivity index (χ3n) is 2.99. The lowest BCUT2D eigenvalue weighted by Gasteiger charge is -2.18. The summed E-state index contributed by atoms with van der Waals surface area (Å²) in [5.41, 5.74) is 1.43. The van der Waals surface area contributed by atoms with Crippen LogP contribution >= 0.6 is 11.3 Å². The maximum atomic E-state index is 14.2. The number of hydrogen-bond donors (Lipinski definition) is 1. The van der Waals surface area contributed by atoms with E-state index in [0.717, 1.165) is 12.1 Å². The van der Waals surface area contributed by atoms with Crippen molar-refractivity contribution in [1.82, 2.24) is 5.32 Å². The van der Waals surface area contributed by atoms with Crippen LogP contribution in [-0.4, -0.2) is 6.54 Å². The fourth-order valence-corrected chi connectivity index (χ4v) is 3.04. The summed E-state index contributed by atoms with van der Waals surface area (Å²) in [7, 11) is 0. The molecule has 1 aromatic heterocycles. The van der Waals surface area contributed by atoms with Crippen LogP contribution in [0.1, 0.15) is 33.8 Å². The molecule has 0 saturated heterocycles. The van der Waals surface area contributed by atoms with Crippen molar-refractivity contribution in [3.8, 4) is 0 Å². The van der Waals surface area contributed by atoms with Gasteiger partial charge in [-0.15, -0.1) is 11.3 Å². The molecule has 1 atom stereocenters. The Morgan fingerprint density at radius 3 is 2.61 bits per heavy atom. The Morgan fingerprint density at radius 1 is 1.22 bits per heavy atom. The zero-order valence-corrected chi connectivity index (χ0v) is 11.8. The van der Waals surface area contributed by atoms with E-state index in [0.29, 0.717) is 5.56 Å². The van der Waals surface area contributed by atoms with E-state index < -0.39 is 0 Å². The Kier molecular flexibility index (Phi) is 4.15. The normalized spacial score (nSPS) is 12.7. The van der Waals surface area contributed by atoms with Crippen molar-refractivity contribution in [2.75, 3.05) is 6.54 Å². The summed E-state index contributed by atoms with van der Waals surface area (Å²) in [5.74, 6) is -0.102. The summed E-state index contributed by atoms with van der Waals surface area (Å²) in [4.78, 5) is 2.42. The van der Waals surface area contributed by atoms with Gasteiger partial charge in [0.05, 0.1) is 6.04 Å². The quantitative estimate of drug-likeness (QED) is 0.871. The number of nitrogens with one attached hydrogen (secondary N) is 1. The third-order valence-corrected chi connectivity index (χ3v) is 4.05. The fraction of sp³-hybridized carbons (Fsp3) is 0.333. The molecule has 1 aromatic carbocycles. The van der Waals surface area contributed by atoms with Gasteiger partial charge in [-0.1, -0.05) is 25.1 Å². The molecule has 18 heavy (non-hydrogen) atoms. The second kappa shape index (κ2) is 5.63. The SMILES string of the molecule is CCNC(c1ccc(C)s1)c1cccc(C)c1F. The van der Waals surface area contributed by atoms with E-state index in [-0.39, 0.29) is 11.9 Å². The molecule has 0 amide bonds. The zero-order valence-electron chi connectivity index (χ0n) is 11.0. The van der Waals surface area contributed by atoms with E-state index in [1.165, 1.54) is 9.75 Å². The van der Waals surface area contributed by atoms with Crippen LogP contribution in [0.2, 0.25) is 0 Å². The summed E-state index contributed by atoms with van der Waals surface area (Å²) in [6.45, 7) is 6.74. The van der Waals surface area contributed by atoms with Crippen LogP contribution < -0.4 is 5.32 Å². The van der Waals surface area contributed by atoms with E-state index in [4.69, 9.17) is 0 Å². The van der Waals surface area contributed by atoms with Gasteiger partial charge in [-0.25, -0.2) is 4.39 Å². The molecule has 0 saturated carbocycles. The van der Waals surface area contributed by atoms with E-state index in [2.05, 4.69) is 24.4 Å². The number of benzene rings is 1. The van der Waals surface area contributed by atoms with Gasteiger partial charge < -0.3 is 5.32 Å². The molecular formula is C15H18FNS. The zero-order chi connectivity index (χ0) is 13.1. The molecule has 0 aliphatic carbocycles. The molecular weight excluding hydrogens is 245 g/mol. The molecule has 1 N–H and O–H groups in total. The molecule has 1 nitrogen and oxygen atoms in total. The summed E-state index contributed by atoms with van der Waals surface area (Å²) in [6, 6.07) is 9.70. The van der Waals surface area contributed by atoms with Gasteiger partial charge in [0.1, 0.15) is 5.82 Å². The number of rotatable bonds is 4. The van der Waals surface area contributed by atoms with Crippen molar-refractivity contribution >= 4 is 11.3 Å². The van der Waals surface area contributed by atoms with E-state index >= 15 is 0 Å². The maximum absolute atomic E-state index is 14.2. The molecule has 3 heteroatoms. The highest BCUT2D eigenvalue weighted by Crippen LogP contribution is 2.30. The largest absolute Gasteiger partial charge is 0.306 e. The number of thiophene rings is 1. The smallest absolute Gasteiger partial charge is 0.131 e. The van der Waals surface area contributed by atoms with Crippen LogP contribution in [0.15, 0.2) is 30.3 Å². The van der Waals surface area contributed by atoms with Crippen LogP contribution in [-0.2, 0) is 0 Å². The van der Waals surface area contributed by atoms with Crippen molar-refractivity contribution in [2.45, 2.75) is 26.8 Å². The van der Waals surface area contributed by atoms with Crippen molar-refractivity contribution in [3.63, 3.8) is 0 Å². The van der Waals surface area contributed by atoms with Gasteiger partial charge >= 0.3 is 0 Å². The van der Waals surface area contributed by atoms with Crippen molar-refractivity contribution in [1.29, 1.82) is 0 Å². The molecule has 0 radical (unpaired) electrons. The number of halogens is 1. The lowest BCUT2D eigenvalue weighted by Crippen LogP contribution is -2.22. The van der Waals surface area contributed by atoms with Crippen LogP contribution in [0.5, 0.6) is 0 Å². The van der Waals surface area contributed by atoms with E-state index in [1.807, 2.05) is 32.0 Å². The first-order chi connectivity index (χ1) is 8.63. The topological polar surface area (TPSA) is 12.0 Å². The van der Waals surface area contributed by atoms with Gasteiger partial charge in [0.25, 0.3) is 0 Å². The second-order valence-corrected chi connectivity index (χ2v) is 5.74. The molecule has 2 aromatic rings. The van der Waals surface area contributed by atoms with Crippen LogP contribution in [0, 0.1) is 19.7 Å². The lowest BCUT2D eigenvalue weighted by atomic mass is 10.0. The molecule has 0 aliphatic rings. The number of hydrogen-bond acceptors (Lipinski definition) is 2. The first kappa shape index (κ1) is 13.2. The summed E-state index contributed by atoms with van der Waals surface area (Å²) in [5, 5.41) is 3.37. The first-order valence-corrected chi connectivity index (χ1v) is 7.00. The highest BCUT2D eigenvalue weighted by atomic mass is 32.1. The minimum absolute atomic E-state index is 0.0476. The van der Waals surface area contributed by atoms with Crippen molar-refractivity contribution in [2.24, 2.45) is 0 Å². The fourth-order valence-electron chi connectivity index (χ4n) is 2.07. The summed E-state index contributed by atoms with van der Waals surface area (Å²) < 4.78 is 14.2. The van der Waals surface area contributed by atoms with E-state index in [1.54, 1.807) is 11.3 Å². The Hall–Kier alpha value is -1.19. The Morgan fingerprint density at radius 2 is 2.00 bits per heavy atom. The minimum Gasteiger partial charge on any atom is -0.306 e. The van der Waals surface area contributed by atoms with Gasteiger partial charge in [-0.2, -0.15) is 0 Å². The van der Waals surface area contributed by atoms with E-state index in [9.17, 15) is 4.39 Å². The average molecular weight is 263 g/mol. The third kappa shape index (κ3) is 2.62. The molecule has 0 aliphatic heterocycles. The Balaban J connectivity index is 2.44. The molecule has 0 fully saturated rings. The molecule has 1 heterocycles. The highest BCUT2D eigenvalue weighted by Gasteiger charge is 2.19. The standard InChI is InChI=1S/C15H18FNS/c1-4-17-15(13-9-8-11(3)18-13)12-7-5-6-10(2)14(12)16/h5-9,15,17H,4H2,1-3H3. The van der Waals surface area contributed by atoms with Gasteiger partial charge in [0, 0.05) is 15.3 Å². The van der Waals surface area contributed by atoms with Gasteiger partial charge in [-0.3, -0.25) is 0 Å². The Labute approximate surface area is 112 Å². The summed E-state index contributed by atoms with van der Waals surface area (Å²) >= 11 is 1.72. The van der Waals surface area contributed by atoms with Crippen LogP contribution in [0.3, 0.4) is 0 Å². The molecule has 2 rings (SSSR count). The monoisotopic (exact) mass is 263 g/mol. The molecule has 0 spiro atoms. The maximum Gasteiger partial charge on any atom is 0.131 e. The average Bonchev–Trinajstić information content (AvgIpc) is 2.77. The number of aryl methyl sites for hydroxylation is 2. The van der Waals surface area contributed by atoms with Gasteiger partial charge in [0.2, 0.25) is 0 Å². The first-order valence-electron chi connectivity index (χ1n) is 6.18. The second-order valence-electron chi connectivity index (χ2n) is 4.42. The molecule has 1 unspecified atom stereocenters. The van der Waals surface area contributed by atoms with Crippen molar-refractivity contribution in [3.05, 3.63) is 57.0 Å². The predicted molar refractivity (Wildman–Crippen MR) is 75.7 cm³/mol. The van der Waals surface area contributed by atoms with Crippen LogP contribution in [0.25, 0.3) is 0 Å². The Bertz CT molecular complexity index is 533. The predicted octanol–water partition coefficient (Wildman–Crippen LogP) is 4.20.